The Bertz CT molecular complexity index is 3170. The lowest BCUT2D eigenvalue weighted by atomic mass is 9.70. The lowest BCUT2D eigenvalue weighted by Gasteiger charge is -2.34. The summed E-state index contributed by atoms with van der Waals surface area (Å²) in [6, 6.07) is 53.7. The SMILES string of the molecule is O=P1(c2ccccc2F)c2ccccc2Cc2cc3c(cc21)C1(c2ccccc2-3)c2ccccc2-c2cc3c(cc21)P(=O)(c1ccccc1F)c1ccccc1-3. The molecule has 2 aliphatic heterocycles. The molecular weight excluding hydrogens is 732 g/mol. The number of hydrogen-bond acceptors (Lipinski definition) is 2. The zero-order chi connectivity index (χ0) is 37.6. The van der Waals surface area contributed by atoms with Gasteiger partial charge in [-0.2, -0.15) is 0 Å². The summed E-state index contributed by atoms with van der Waals surface area (Å²) < 4.78 is 64.0. The van der Waals surface area contributed by atoms with Crippen LogP contribution in [0.15, 0.2) is 170 Å². The molecule has 0 radical (unpaired) electrons. The van der Waals surface area contributed by atoms with E-state index in [2.05, 4.69) is 60.7 Å². The van der Waals surface area contributed by atoms with Gasteiger partial charge in [-0.15, -0.1) is 0 Å². The standard InChI is InChI=1S/C50H30F2O2P2/c51-42-19-7-11-23-46(42)55(53)44-21-9-1-13-30(44)25-31-26-35-32-14-2-5-17-38(32)50(40(35)28-48(31)55)39-18-6-3-15-33(39)36-27-37-34-16-4-10-22-45(34)56(54,49(37)29-41(36)50)47-24-12-8-20-43(47)52/h1-24,26-29H,25H2. The first-order valence-corrected chi connectivity index (χ1v) is 22.2. The largest absolute Gasteiger partial charge is 0.309 e. The summed E-state index contributed by atoms with van der Waals surface area (Å²) in [5, 5.41) is 2.95. The summed E-state index contributed by atoms with van der Waals surface area (Å²) in [6.07, 6.45) is 0.567. The molecule has 0 bridgehead atoms. The van der Waals surface area contributed by atoms with E-state index in [9.17, 15) is 0 Å². The smallest absolute Gasteiger partial charge is 0.175 e. The number of fused-ring (bicyclic) bond motifs is 15. The molecule has 0 aromatic heterocycles. The lowest BCUT2D eigenvalue weighted by molar-refractivity contribution is 0.587. The Balaban J connectivity index is 1.21. The van der Waals surface area contributed by atoms with Crippen LogP contribution in [0.25, 0.3) is 33.4 Å². The van der Waals surface area contributed by atoms with Gasteiger partial charge in [0, 0.05) is 21.2 Å². The van der Waals surface area contributed by atoms with E-state index in [1.165, 1.54) is 12.1 Å². The monoisotopic (exact) mass is 762 g/mol. The van der Waals surface area contributed by atoms with Gasteiger partial charge in [-0.3, -0.25) is 0 Å². The highest BCUT2D eigenvalue weighted by Gasteiger charge is 2.55. The molecule has 12 rings (SSSR count). The second-order valence-electron chi connectivity index (χ2n) is 15.2. The molecule has 3 atom stereocenters. The molecule has 3 unspecified atom stereocenters. The number of hydrogen-bond donors (Lipinski definition) is 0. The molecule has 2 aliphatic carbocycles. The molecule has 2 heterocycles. The third-order valence-electron chi connectivity index (χ3n) is 12.7. The molecule has 0 saturated carbocycles. The highest BCUT2D eigenvalue weighted by molar-refractivity contribution is 7.86. The highest BCUT2D eigenvalue weighted by atomic mass is 31.2. The van der Waals surface area contributed by atoms with Crippen LogP contribution in [-0.4, -0.2) is 0 Å². The first-order valence-electron chi connectivity index (χ1n) is 18.8. The minimum absolute atomic E-state index is 0.196. The fraction of sp³-hybridized carbons (Fsp3) is 0.0400. The lowest BCUT2D eigenvalue weighted by Crippen LogP contribution is -2.36. The summed E-state index contributed by atoms with van der Waals surface area (Å²) in [5.74, 6) is -0.989. The fourth-order valence-electron chi connectivity index (χ4n) is 10.5. The van der Waals surface area contributed by atoms with E-state index >= 15 is 17.9 Å². The topological polar surface area (TPSA) is 34.1 Å². The van der Waals surface area contributed by atoms with Crippen molar-refractivity contribution in [1.82, 2.24) is 0 Å². The van der Waals surface area contributed by atoms with Gasteiger partial charge in [0.15, 0.2) is 14.3 Å². The summed E-state index contributed by atoms with van der Waals surface area (Å²) in [5.41, 5.74) is 10.8. The molecule has 0 fully saturated rings. The Hall–Kier alpha value is -5.92. The van der Waals surface area contributed by atoms with Crippen molar-refractivity contribution < 1.29 is 17.9 Å². The predicted molar refractivity (Wildman–Crippen MR) is 223 cm³/mol. The van der Waals surface area contributed by atoms with Gasteiger partial charge in [0.25, 0.3) is 0 Å². The van der Waals surface area contributed by atoms with Crippen molar-refractivity contribution in [3.05, 3.63) is 215 Å². The van der Waals surface area contributed by atoms with Gasteiger partial charge in [-0.05, 0) is 122 Å². The normalized spacial score (nSPS) is 21.3. The molecular formula is C50H30F2O2P2. The average Bonchev–Trinajstić information content (AvgIpc) is 3.79. The van der Waals surface area contributed by atoms with Crippen LogP contribution in [0.4, 0.5) is 8.78 Å². The van der Waals surface area contributed by atoms with Gasteiger partial charge >= 0.3 is 0 Å². The zero-order valence-electron chi connectivity index (χ0n) is 29.8. The number of halogens is 2. The Labute approximate surface area is 322 Å². The summed E-state index contributed by atoms with van der Waals surface area (Å²) in [7, 11) is -7.39. The molecule has 0 saturated heterocycles. The number of rotatable bonds is 2. The van der Waals surface area contributed by atoms with Crippen molar-refractivity contribution in [2.75, 3.05) is 0 Å². The van der Waals surface area contributed by atoms with Crippen LogP contribution < -0.4 is 31.8 Å². The second kappa shape index (κ2) is 11.1. The van der Waals surface area contributed by atoms with E-state index in [1.807, 2.05) is 60.7 Å². The molecule has 266 valence electrons. The minimum Gasteiger partial charge on any atom is -0.309 e. The van der Waals surface area contributed by atoms with Crippen LogP contribution in [0.3, 0.4) is 0 Å². The summed E-state index contributed by atoms with van der Waals surface area (Å²) in [6.45, 7) is 0. The first kappa shape index (κ1) is 32.3. The van der Waals surface area contributed by atoms with Crippen LogP contribution in [0.1, 0.15) is 33.4 Å². The van der Waals surface area contributed by atoms with Gasteiger partial charge in [-0.1, -0.05) is 121 Å². The number of benzene rings is 8. The van der Waals surface area contributed by atoms with Crippen molar-refractivity contribution in [3.8, 4) is 33.4 Å². The second-order valence-corrected chi connectivity index (χ2v) is 20.6. The molecule has 2 nitrogen and oxygen atoms in total. The van der Waals surface area contributed by atoms with E-state index < -0.39 is 31.3 Å². The summed E-state index contributed by atoms with van der Waals surface area (Å²) >= 11 is 0. The van der Waals surface area contributed by atoms with E-state index in [1.54, 1.807) is 36.4 Å². The Morgan fingerprint density at radius 1 is 0.357 bits per heavy atom. The first-order chi connectivity index (χ1) is 27.4. The Morgan fingerprint density at radius 2 is 0.821 bits per heavy atom. The molecule has 0 amide bonds. The highest BCUT2D eigenvalue weighted by Crippen LogP contribution is 2.65. The van der Waals surface area contributed by atoms with E-state index in [-0.39, 0.29) is 10.6 Å². The van der Waals surface area contributed by atoms with Gasteiger partial charge < -0.3 is 9.13 Å². The Kier molecular flexibility index (Phi) is 6.41. The van der Waals surface area contributed by atoms with Crippen LogP contribution in [0.2, 0.25) is 0 Å². The van der Waals surface area contributed by atoms with Gasteiger partial charge in [0.05, 0.1) is 16.0 Å². The van der Waals surface area contributed by atoms with Crippen molar-refractivity contribution in [2.45, 2.75) is 11.8 Å². The van der Waals surface area contributed by atoms with E-state index in [0.717, 1.165) is 66.8 Å². The molecule has 8 aromatic rings. The summed E-state index contributed by atoms with van der Waals surface area (Å²) in [4.78, 5) is 0. The van der Waals surface area contributed by atoms with Crippen LogP contribution >= 0.6 is 14.3 Å². The van der Waals surface area contributed by atoms with Crippen LogP contribution in [-0.2, 0) is 21.0 Å². The average molecular weight is 763 g/mol. The molecule has 1 spiro atoms. The Morgan fingerprint density at radius 3 is 1.45 bits per heavy atom. The molecule has 8 aromatic carbocycles. The quantitative estimate of drug-likeness (QED) is 0.165. The molecule has 4 aliphatic rings. The zero-order valence-corrected chi connectivity index (χ0v) is 31.6. The van der Waals surface area contributed by atoms with Gasteiger partial charge in [0.2, 0.25) is 0 Å². The molecule has 0 N–H and O–H groups in total. The predicted octanol–water partition coefficient (Wildman–Crippen LogP) is 9.47. The van der Waals surface area contributed by atoms with Crippen molar-refractivity contribution >= 4 is 46.1 Å². The minimum atomic E-state index is -3.72. The maximum atomic E-state index is 16.1. The van der Waals surface area contributed by atoms with Crippen molar-refractivity contribution in [1.29, 1.82) is 0 Å². The fourth-order valence-corrected chi connectivity index (χ4v) is 16.8. The third-order valence-corrected chi connectivity index (χ3v) is 19.1. The maximum absolute atomic E-state index is 16.1. The third kappa shape index (κ3) is 3.77. The molecule has 6 heteroatoms. The van der Waals surface area contributed by atoms with Crippen molar-refractivity contribution in [2.24, 2.45) is 0 Å². The van der Waals surface area contributed by atoms with E-state index in [0.29, 0.717) is 27.6 Å². The van der Waals surface area contributed by atoms with Crippen LogP contribution in [0.5, 0.6) is 0 Å². The van der Waals surface area contributed by atoms with E-state index in [4.69, 9.17) is 0 Å². The van der Waals surface area contributed by atoms with Gasteiger partial charge in [-0.25, -0.2) is 8.78 Å². The van der Waals surface area contributed by atoms with Crippen LogP contribution in [0, 0.1) is 11.6 Å². The molecule has 56 heavy (non-hydrogen) atoms. The van der Waals surface area contributed by atoms with Gasteiger partial charge in [0.1, 0.15) is 11.6 Å². The van der Waals surface area contributed by atoms with Crippen molar-refractivity contribution in [3.63, 3.8) is 0 Å². The maximum Gasteiger partial charge on any atom is 0.175 e.